The molecule has 0 aromatic heterocycles. The maximum Gasteiger partial charge on any atom is 0.514 e. The molecule has 32 heavy (non-hydrogen) atoms. The summed E-state index contributed by atoms with van der Waals surface area (Å²) in [5, 5.41) is 0. The Morgan fingerprint density at radius 2 is 1.19 bits per heavy atom. The van der Waals surface area contributed by atoms with Crippen molar-refractivity contribution in [3.8, 4) is 0 Å². The highest BCUT2D eigenvalue weighted by molar-refractivity contribution is 5.73. The summed E-state index contributed by atoms with van der Waals surface area (Å²) < 4.78 is 29.9. The molecule has 2 heterocycles. The fraction of sp³-hybridized carbons (Fsp3) is 0.545. The Bertz CT molecular complexity index is 748. The molecule has 0 bridgehead atoms. The quantitative estimate of drug-likeness (QED) is 0.187. The third-order valence-electron chi connectivity index (χ3n) is 5.07. The molecule has 0 saturated carbocycles. The monoisotopic (exact) mass is 452 g/mol. The Balaban J connectivity index is 1.51. The molecule has 0 N–H and O–H groups in total. The van der Waals surface area contributed by atoms with Crippen molar-refractivity contribution in [2.24, 2.45) is 0 Å². The van der Waals surface area contributed by atoms with Crippen molar-refractivity contribution in [2.45, 2.75) is 63.6 Å². The van der Waals surface area contributed by atoms with E-state index < -0.39 is 35.5 Å². The van der Waals surface area contributed by atoms with E-state index in [1.54, 1.807) is 13.8 Å². The van der Waals surface area contributed by atoms with Crippen molar-refractivity contribution >= 4 is 24.2 Å². The zero-order chi connectivity index (χ0) is 23.8. The van der Waals surface area contributed by atoms with E-state index in [4.69, 9.17) is 28.4 Å². The topological polar surface area (TPSA) is 124 Å². The SMILES string of the molecule is C=C1OC(=O)OC1(C)CCCOC(=O)C/C=C/CC(=O)OCCCC1(C)OC(=O)OC1=C. The van der Waals surface area contributed by atoms with Gasteiger partial charge in [-0.1, -0.05) is 25.3 Å². The van der Waals surface area contributed by atoms with Gasteiger partial charge in [-0.15, -0.1) is 0 Å². The van der Waals surface area contributed by atoms with Crippen LogP contribution in [0.5, 0.6) is 0 Å². The molecule has 2 rings (SSSR count). The maximum absolute atomic E-state index is 11.7. The lowest BCUT2D eigenvalue weighted by Crippen LogP contribution is -2.26. The predicted octanol–water partition coefficient (Wildman–Crippen LogP) is 3.85. The summed E-state index contributed by atoms with van der Waals surface area (Å²) in [6.45, 7) is 10.9. The van der Waals surface area contributed by atoms with Gasteiger partial charge in [0.1, 0.15) is 11.5 Å². The van der Waals surface area contributed by atoms with Crippen LogP contribution in [-0.2, 0) is 38.0 Å². The van der Waals surface area contributed by atoms with Gasteiger partial charge in [0.25, 0.3) is 0 Å². The molecule has 0 amide bonds. The van der Waals surface area contributed by atoms with E-state index in [-0.39, 0.29) is 37.6 Å². The predicted molar refractivity (Wildman–Crippen MR) is 109 cm³/mol. The molecule has 0 spiro atoms. The van der Waals surface area contributed by atoms with Crippen LogP contribution >= 0.6 is 0 Å². The van der Waals surface area contributed by atoms with Gasteiger partial charge in [0.15, 0.2) is 11.2 Å². The molecule has 176 valence electrons. The van der Waals surface area contributed by atoms with Crippen molar-refractivity contribution < 1.29 is 47.6 Å². The van der Waals surface area contributed by atoms with Gasteiger partial charge < -0.3 is 28.4 Å². The Hall–Kier alpha value is -3.30. The fourth-order valence-electron chi connectivity index (χ4n) is 2.99. The van der Waals surface area contributed by atoms with Crippen molar-refractivity contribution in [3.05, 3.63) is 36.8 Å². The van der Waals surface area contributed by atoms with Crippen LogP contribution in [0.3, 0.4) is 0 Å². The second-order valence-electron chi connectivity index (χ2n) is 7.74. The van der Waals surface area contributed by atoms with Gasteiger partial charge in [-0.25, -0.2) is 9.59 Å². The Morgan fingerprint density at radius 3 is 1.50 bits per heavy atom. The average molecular weight is 452 g/mol. The van der Waals surface area contributed by atoms with Crippen LogP contribution in [0.15, 0.2) is 36.8 Å². The number of carbonyl (C=O) groups is 4. The zero-order valence-corrected chi connectivity index (χ0v) is 18.3. The minimum Gasteiger partial charge on any atom is -0.465 e. The highest BCUT2D eigenvalue weighted by Gasteiger charge is 2.42. The summed E-state index contributed by atoms with van der Waals surface area (Å²) in [5.74, 6) is -0.418. The van der Waals surface area contributed by atoms with Gasteiger partial charge in [-0.3, -0.25) is 9.59 Å². The minimum absolute atomic E-state index is 0.0151. The molecule has 2 unspecified atom stereocenters. The lowest BCUT2D eigenvalue weighted by Gasteiger charge is -2.19. The van der Waals surface area contributed by atoms with E-state index in [0.29, 0.717) is 25.7 Å². The molecule has 2 aliphatic heterocycles. The molecule has 0 aromatic rings. The van der Waals surface area contributed by atoms with Crippen LogP contribution in [0.25, 0.3) is 0 Å². The Morgan fingerprint density at radius 1 is 0.812 bits per heavy atom. The number of esters is 2. The van der Waals surface area contributed by atoms with E-state index in [1.807, 2.05) is 0 Å². The van der Waals surface area contributed by atoms with Gasteiger partial charge in [-0.2, -0.15) is 0 Å². The summed E-state index contributed by atoms with van der Waals surface area (Å²) in [5.41, 5.74) is -1.82. The maximum atomic E-state index is 11.7. The van der Waals surface area contributed by atoms with E-state index >= 15 is 0 Å². The zero-order valence-electron chi connectivity index (χ0n) is 18.3. The first-order valence-electron chi connectivity index (χ1n) is 10.2. The summed E-state index contributed by atoms with van der Waals surface area (Å²) in [7, 11) is 0. The molecule has 2 aliphatic rings. The first-order chi connectivity index (χ1) is 15.0. The molecule has 2 fully saturated rings. The van der Waals surface area contributed by atoms with Crippen LogP contribution in [0, 0.1) is 0 Å². The van der Waals surface area contributed by atoms with Gasteiger partial charge >= 0.3 is 24.2 Å². The number of cyclic esters (lactones) is 4. The smallest absolute Gasteiger partial charge is 0.465 e. The largest absolute Gasteiger partial charge is 0.514 e. The van der Waals surface area contributed by atoms with E-state index in [2.05, 4.69) is 13.2 Å². The van der Waals surface area contributed by atoms with Crippen LogP contribution < -0.4 is 0 Å². The average Bonchev–Trinajstić information content (AvgIpc) is 3.12. The second-order valence-corrected chi connectivity index (χ2v) is 7.74. The lowest BCUT2D eigenvalue weighted by atomic mass is 9.99. The van der Waals surface area contributed by atoms with Crippen LogP contribution in [0.2, 0.25) is 0 Å². The molecule has 10 nitrogen and oxygen atoms in total. The minimum atomic E-state index is -0.912. The van der Waals surface area contributed by atoms with Crippen molar-refractivity contribution in [1.82, 2.24) is 0 Å². The van der Waals surface area contributed by atoms with Crippen molar-refractivity contribution in [1.29, 1.82) is 0 Å². The molecule has 10 heteroatoms. The number of carbonyl (C=O) groups excluding carboxylic acids is 4. The Labute approximate surface area is 186 Å². The normalized spacial score (nSPS) is 24.7. The van der Waals surface area contributed by atoms with Gasteiger partial charge in [0.2, 0.25) is 0 Å². The first-order valence-corrected chi connectivity index (χ1v) is 10.2. The first kappa shape index (κ1) is 25.0. The third-order valence-corrected chi connectivity index (χ3v) is 5.07. The van der Waals surface area contributed by atoms with Gasteiger partial charge in [-0.05, 0) is 39.5 Å². The Kier molecular flexibility index (Phi) is 8.45. The summed E-state index contributed by atoms with van der Waals surface area (Å²) in [4.78, 5) is 45.7. The highest BCUT2D eigenvalue weighted by Crippen LogP contribution is 2.34. The van der Waals surface area contributed by atoms with E-state index in [1.165, 1.54) is 12.2 Å². The summed E-state index contributed by atoms with van der Waals surface area (Å²) in [6, 6.07) is 0. The number of ether oxygens (including phenoxy) is 6. The standard InChI is InChI=1S/C22H28O10/c1-15-21(3,31-19(25)29-15)11-7-13-27-17(23)9-5-6-10-18(24)28-14-8-12-22(4)16(2)30-20(26)32-22/h5-6H,1-2,7-14H2,3-4H3/b6-5+. The van der Waals surface area contributed by atoms with Gasteiger partial charge in [0.05, 0.1) is 26.1 Å². The fourth-order valence-corrected chi connectivity index (χ4v) is 2.99. The molecule has 2 atom stereocenters. The highest BCUT2D eigenvalue weighted by atomic mass is 16.8. The number of hydrogen-bond acceptors (Lipinski definition) is 10. The van der Waals surface area contributed by atoms with Gasteiger partial charge in [0, 0.05) is 0 Å². The second kappa shape index (κ2) is 10.8. The molecule has 0 aromatic carbocycles. The van der Waals surface area contributed by atoms with Crippen LogP contribution in [0.4, 0.5) is 9.59 Å². The molecule has 0 radical (unpaired) electrons. The summed E-state index contributed by atoms with van der Waals surface area (Å²) >= 11 is 0. The molecular weight excluding hydrogens is 424 g/mol. The van der Waals surface area contributed by atoms with Crippen molar-refractivity contribution in [3.63, 3.8) is 0 Å². The lowest BCUT2D eigenvalue weighted by molar-refractivity contribution is -0.144. The van der Waals surface area contributed by atoms with Crippen LogP contribution in [0.1, 0.15) is 52.4 Å². The molecule has 0 aliphatic carbocycles. The van der Waals surface area contributed by atoms with Crippen molar-refractivity contribution in [2.75, 3.05) is 13.2 Å². The third kappa shape index (κ3) is 7.14. The molecule has 2 saturated heterocycles. The van der Waals surface area contributed by atoms with E-state index in [0.717, 1.165) is 0 Å². The number of hydrogen-bond donors (Lipinski definition) is 0. The number of rotatable bonds is 12. The van der Waals surface area contributed by atoms with Crippen LogP contribution in [-0.4, -0.2) is 48.7 Å². The summed E-state index contributed by atoms with van der Waals surface area (Å²) in [6.07, 6.45) is 3.27. The van der Waals surface area contributed by atoms with E-state index in [9.17, 15) is 19.2 Å². The molecular formula is C22H28O10.